The number of methoxy groups -OCH3 is 1. The Bertz CT molecular complexity index is 597. The number of rotatable bonds is 3. The number of ether oxygens (including phenoxy) is 1. The Labute approximate surface area is 110 Å². The Balaban J connectivity index is 2.26. The summed E-state index contributed by atoms with van der Waals surface area (Å²) in [5.41, 5.74) is 0.552. The van der Waals surface area contributed by atoms with Crippen molar-refractivity contribution in [2.45, 2.75) is 0 Å². The van der Waals surface area contributed by atoms with Gasteiger partial charge in [0.25, 0.3) is 0 Å². The minimum atomic E-state index is -1.59. The van der Waals surface area contributed by atoms with Crippen LogP contribution in [-0.2, 0) is 17.5 Å². The van der Waals surface area contributed by atoms with Crippen molar-refractivity contribution < 1.29 is 22.2 Å². The van der Waals surface area contributed by atoms with Crippen LogP contribution >= 0.6 is 0 Å². The maximum absolute atomic E-state index is 12.3. The first-order valence-corrected chi connectivity index (χ1v) is 6.64. The molecule has 0 bridgehead atoms. The van der Waals surface area contributed by atoms with Crippen LogP contribution in [-0.4, -0.2) is 7.11 Å². The first kappa shape index (κ1) is 12.5. The summed E-state index contributed by atoms with van der Waals surface area (Å²) in [5.74, 6) is 0.741. The van der Waals surface area contributed by atoms with E-state index in [0.717, 1.165) is 14.7 Å². The Morgan fingerprint density at radius 1 is 1.00 bits per heavy atom. The van der Waals surface area contributed by atoms with Gasteiger partial charge in [0.15, 0.2) is 0 Å². The van der Waals surface area contributed by atoms with Crippen molar-refractivity contribution in [2.75, 3.05) is 7.11 Å². The van der Waals surface area contributed by atoms with Crippen LogP contribution in [0.2, 0.25) is 0 Å². The maximum atomic E-state index is 12.3. The Kier molecular flexibility index (Phi) is 3.87. The molecule has 4 heteroatoms. The zero-order valence-corrected chi connectivity index (χ0v) is 10.8. The van der Waals surface area contributed by atoms with Crippen molar-refractivity contribution in [1.82, 2.24) is 0 Å². The van der Waals surface area contributed by atoms with Crippen molar-refractivity contribution >= 4 is 14.7 Å². The molecule has 0 saturated carbocycles. The quantitative estimate of drug-likeness (QED) is 0.809. The van der Waals surface area contributed by atoms with E-state index in [1.807, 2.05) is 0 Å². The molecule has 0 aliphatic rings. The summed E-state index contributed by atoms with van der Waals surface area (Å²) in [7, 11) is 1.60. The average molecular weight is 284 g/mol. The van der Waals surface area contributed by atoms with E-state index < -0.39 is 13.6 Å². The fraction of sp³-hybridized carbons (Fsp3) is 0.0714. The van der Waals surface area contributed by atoms with Crippen LogP contribution in [0.4, 0.5) is 5.69 Å². The van der Waals surface area contributed by atoms with Gasteiger partial charge in [-0.25, -0.2) is 0 Å². The summed E-state index contributed by atoms with van der Waals surface area (Å²) < 4.78 is 18.8. The van der Waals surface area contributed by atoms with Crippen LogP contribution in [0.1, 0.15) is 0 Å². The van der Waals surface area contributed by atoms with Crippen LogP contribution in [0, 0.1) is 6.57 Å². The summed E-state index contributed by atoms with van der Waals surface area (Å²) in [5, 5.41) is 0. The molecule has 3 nitrogen and oxygen atoms in total. The van der Waals surface area contributed by atoms with Crippen molar-refractivity contribution in [1.29, 1.82) is 0 Å². The van der Waals surface area contributed by atoms with Crippen LogP contribution in [0.15, 0.2) is 48.5 Å². The summed E-state index contributed by atoms with van der Waals surface area (Å²) in [6, 6.07) is 14.0. The zero-order chi connectivity index (χ0) is 13.0. The van der Waals surface area contributed by atoms with Gasteiger partial charge in [-0.05, 0) is 0 Å². The van der Waals surface area contributed by atoms with Crippen molar-refractivity contribution in [2.24, 2.45) is 0 Å². The second-order valence-corrected chi connectivity index (χ2v) is 5.30. The standard InChI is InChI=1S/C7H4N.C7H7O.Co.O/c2*1-8-7-5-3-2-4-6-7;;/h3-6H;3-6H,1H3;;. The molecule has 0 fully saturated rings. The van der Waals surface area contributed by atoms with E-state index >= 15 is 0 Å². The van der Waals surface area contributed by atoms with Crippen LogP contribution in [0.5, 0.6) is 5.75 Å². The Morgan fingerprint density at radius 3 is 1.94 bits per heavy atom. The van der Waals surface area contributed by atoms with E-state index in [0.29, 0.717) is 5.69 Å². The molecule has 0 aromatic heterocycles. The second-order valence-electron chi connectivity index (χ2n) is 3.41. The molecule has 2 aromatic carbocycles. The number of hydrogen-bond acceptors (Lipinski definition) is 2. The molecule has 2 aromatic rings. The summed E-state index contributed by atoms with van der Waals surface area (Å²) >= 11 is -1.59. The second kappa shape index (κ2) is 5.58. The third-order valence-electron chi connectivity index (χ3n) is 2.32. The fourth-order valence-electron chi connectivity index (χ4n) is 1.38. The van der Waals surface area contributed by atoms with E-state index in [9.17, 15) is 3.87 Å². The first-order valence-electron chi connectivity index (χ1n) is 5.17. The van der Waals surface area contributed by atoms with Gasteiger partial charge in [-0.15, -0.1) is 0 Å². The van der Waals surface area contributed by atoms with Gasteiger partial charge >= 0.3 is 110 Å². The molecule has 0 unspecified atom stereocenters. The molecule has 2 rings (SSSR count). The van der Waals surface area contributed by atoms with E-state index in [4.69, 9.17) is 11.3 Å². The zero-order valence-electron chi connectivity index (χ0n) is 9.72. The van der Waals surface area contributed by atoms with Gasteiger partial charge in [-0.2, -0.15) is 0 Å². The normalized spacial score (nSPS) is 10.6. The van der Waals surface area contributed by atoms with E-state index in [-0.39, 0.29) is 0 Å². The molecular formula is C14H11CoNO2. The molecule has 0 aliphatic heterocycles. The van der Waals surface area contributed by atoms with Gasteiger partial charge in [0, 0.05) is 0 Å². The number of benzene rings is 2. The number of nitrogens with zero attached hydrogens (tertiary/aromatic N) is 1. The van der Waals surface area contributed by atoms with Crippen molar-refractivity contribution in [3.05, 3.63) is 59.9 Å². The molecule has 0 aliphatic carbocycles. The van der Waals surface area contributed by atoms with Crippen molar-refractivity contribution in [3.63, 3.8) is 0 Å². The third kappa shape index (κ3) is 2.64. The Hall–Kier alpha value is -1.96. The Morgan fingerprint density at radius 2 is 1.50 bits per heavy atom. The van der Waals surface area contributed by atoms with Gasteiger partial charge in [-0.1, -0.05) is 0 Å². The molecular weight excluding hydrogens is 273 g/mol. The SMILES string of the molecule is [C-]#[N+]c1cc[c]([Co](=[O])[c]2ccc(OC)cc2)cc1. The molecule has 0 N–H and O–H groups in total. The monoisotopic (exact) mass is 284 g/mol. The molecule has 0 heterocycles. The predicted molar refractivity (Wildman–Crippen MR) is 65.7 cm³/mol. The van der Waals surface area contributed by atoms with E-state index in [2.05, 4.69) is 4.85 Å². The van der Waals surface area contributed by atoms with Crippen LogP contribution in [0.3, 0.4) is 0 Å². The molecule has 0 atom stereocenters. The first-order chi connectivity index (χ1) is 8.74. The van der Waals surface area contributed by atoms with Gasteiger partial charge < -0.3 is 0 Å². The predicted octanol–water partition coefficient (Wildman–Crippen LogP) is 2.16. The molecule has 0 saturated heterocycles. The van der Waals surface area contributed by atoms with Gasteiger partial charge in [0.05, 0.1) is 0 Å². The van der Waals surface area contributed by atoms with E-state index in [1.54, 1.807) is 55.6 Å². The van der Waals surface area contributed by atoms with Crippen LogP contribution < -0.4 is 13.7 Å². The minimum absolute atomic E-state index is 0.552. The van der Waals surface area contributed by atoms with Crippen LogP contribution in [0.25, 0.3) is 4.85 Å². The molecule has 93 valence electrons. The molecule has 18 heavy (non-hydrogen) atoms. The molecule has 0 radical (unpaired) electrons. The van der Waals surface area contributed by atoms with Crippen molar-refractivity contribution in [3.8, 4) is 5.75 Å². The average Bonchev–Trinajstić information content (AvgIpc) is 2.47. The summed E-state index contributed by atoms with van der Waals surface area (Å²) in [6.45, 7) is 6.87. The van der Waals surface area contributed by atoms with Gasteiger partial charge in [0.2, 0.25) is 0 Å². The molecule has 0 amide bonds. The van der Waals surface area contributed by atoms with E-state index in [1.165, 1.54) is 0 Å². The number of hydrogen-bond donors (Lipinski definition) is 0. The summed E-state index contributed by atoms with van der Waals surface area (Å²) in [4.78, 5) is 3.30. The molecule has 0 spiro atoms. The third-order valence-corrected chi connectivity index (χ3v) is 4.11. The van der Waals surface area contributed by atoms with Gasteiger partial charge in [-0.3, -0.25) is 0 Å². The van der Waals surface area contributed by atoms with Gasteiger partial charge in [0.1, 0.15) is 0 Å². The fourth-order valence-corrected chi connectivity index (χ4v) is 2.71. The topological polar surface area (TPSA) is 30.7 Å². The summed E-state index contributed by atoms with van der Waals surface area (Å²) in [6.07, 6.45) is 0.